The van der Waals surface area contributed by atoms with E-state index in [9.17, 15) is 9.59 Å². The van der Waals surface area contributed by atoms with E-state index in [1.807, 2.05) is 29.1 Å². The summed E-state index contributed by atoms with van der Waals surface area (Å²) in [4.78, 5) is 28.1. The molecule has 0 aliphatic carbocycles. The van der Waals surface area contributed by atoms with E-state index in [1.54, 1.807) is 12.1 Å². The maximum absolute atomic E-state index is 12.5. The zero-order valence-corrected chi connectivity index (χ0v) is 16.3. The predicted molar refractivity (Wildman–Crippen MR) is 107 cm³/mol. The van der Waals surface area contributed by atoms with Gasteiger partial charge in [-0.05, 0) is 48.6 Å². The number of esters is 1. The Balaban J connectivity index is 1.44. The van der Waals surface area contributed by atoms with E-state index in [0.717, 1.165) is 47.9 Å². The molecule has 0 spiro atoms. The lowest BCUT2D eigenvalue weighted by Gasteiger charge is -2.22. The first-order valence-electron chi connectivity index (χ1n) is 9.77. The van der Waals surface area contributed by atoms with Gasteiger partial charge in [0.1, 0.15) is 17.7 Å². The second-order valence-electron chi connectivity index (χ2n) is 7.26. The highest BCUT2D eigenvalue weighted by Gasteiger charge is 2.17. The third-order valence-corrected chi connectivity index (χ3v) is 5.06. The molecule has 7 nitrogen and oxygen atoms in total. The van der Waals surface area contributed by atoms with E-state index in [0.29, 0.717) is 6.42 Å². The Hall–Kier alpha value is -3.06. The zero-order chi connectivity index (χ0) is 20.2. The van der Waals surface area contributed by atoms with Gasteiger partial charge in [0.05, 0.1) is 12.6 Å². The van der Waals surface area contributed by atoms with E-state index < -0.39 is 5.97 Å². The molecule has 2 aromatic heterocycles. The van der Waals surface area contributed by atoms with Gasteiger partial charge in [-0.15, -0.1) is 0 Å². The summed E-state index contributed by atoms with van der Waals surface area (Å²) in [5, 5.41) is 5.68. The first kappa shape index (κ1) is 19.3. The number of ether oxygens (including phenoxy) is 2. The van der Waals surface area contributed by atoms with Gasteiger partial charge in [-0.25, -0.2) is 14.5 Å². The lowest BCUT2D eigenvalue weighted by molar-refractivity contribution is -0.117. The summed E-state index contributed by atoms with van der Waals surface area (Å²) in [6, 6.07) is 9.24. The Morgan fingerprint density at radius 3 is 2.76 bits per heavy atom. The molecule has 7 heteroatoms. The van der Waals surface area contributed by atoms with Crippen molar-refractivity contribution in [3.63, 3.8) is 0 Å². The molecule has 0 N–H and O–H groups in total. The lowest BCUT2D eigenvalue weighted by atomic mass is 10.0. The minimum Gasteiger partial charge on any atom is -0.464 e. The number of carbonyl (C=O) groups is 2. The van der Waals surface area contributed by atoms with Crippen molar-refractivity contribution in [3.8, 4) is 0 Å². The van der Waals surface area contributed by atoms with Crippen molar-refractivity contribution in [1.29, 1.82) is 0 Å². The van der Waals surface area contributed by atoms with Gasteiger partial charge in [0.25, 0.3) is 0 Å². The van der Waals surface area contributed by atoms with Crippen LogP contribution in [0.15, 0.2) is 42.7 Å². The Morgan fingerprint density at radius 1 is 1.17 bits per heavy atom. The largest absolute Gasteiger partial charge is 0.464 e. The monoisotopic (exact) mass is 393 g/mol. The number of hydrogen-bond donors (Lipinski definition) is 0. The van der Waals surface area contributed by atoms with Gasteiger partial charge in [0, 0.05) is 37.2 Å². The molecule has 0 saturated carbocycles. The van der Waals surface area contributed by atoms with Gasteiger partial charge in [-0.1, -0.05) is 12.1 Å². The van der Waals surface area contributed by atoms with Crippen LogP contribution in [0.2, 0.25) is 0 Å². The lowest BCUT2D eigenvalue weighted by Crippen LogP contribution is -2.18. The van der Waals surface area contributed by atoms with Crippen molar-refractivity contribution in [2.45, 2.75) is 38.3 Å². The van der Waals surface area contributed by atoms with Gasteiger partial charge in [-0.2, -0.15) is 5.10 Å². The van der Waals surface area contributed by atoms with Crippen LogP contribution in [0, 0.1) is 0 Å². The van der Waals surface area contributed by atoms with Crippen molar-refractivity contribution in [1.82, 2.24) is 14.8 Å². The highest BCUT2D eigenvalue weighted by Crippen LogP contribution is 2.24. The normalized spacial score (nSPS) is 16.7. The highest BCUT2D eigenvalue weighted by molar-refractivity contribution is 5.88. The summed E-state index contributed by atoms with van der Waals surface area (Å²) in [5.74, 6) is -0.455. The fraction of sp³-hybridized carbons (Fsp3) is 0.364. The van der Waals surface area contributed by atoms with E-state index in [2.05, 4.69) is 14.8 Å². The number of nitrogens with zero attached hydrogens (tertiary/aromatic N) is 3. The minimum atomic E-state index is -0.512. The maximum atomic E-state index is 12.5. The minimum absolute atomic E-state index is 0.00284. The quantitative estimate of drug-likeness (QED) is 0.598. The molecule has 0 amide bonds. The summed E-state index contributed by atoms with van der Waals surface area (Å²) in [7, 11) is 1.31. The number of hydrogen-bond acceptors (Lipinski definition) is 6. The van der Waals surface area contributed by atoms with E-state index in [1.165, 1.54) is 13.3 Å². The number of carbonyl (C=O) groups excluding carboxylic acids is 2. The molecule has 1 unspecified atom stereocenters. The molecule has 1 aliphatic rings. The maximum Gasteiger partial charge on any atom is 0.356 e. The summed E-state index contributed by atoms with van der Waals surface area (Å²) in [6.07, 6.45) is 7.27. The molecule has 0 radical (unpaired) electrons. The molecule has 150 valence electrons. The molecule has 1 fully saturated rings. The highest BCUT2D eigenvalue weighted by atomic mass is 16.5. The first-order valence-corrected chi connectivity index (χ1v) is 9.77. The van der Waals surface area contributed by atoms with Gasteiger partial charge >= 0.3 is 5.97 Å². The van der Waals surface area contributed by atoms with Crippen LogP contribution in [0.1, 0.15) is 47.1 Å². The number of benzene rings is 1. The summed E-state index contributed by atoms with van der Waals surface area (Å²) >= 11 is 0. The van der Waals surface area contributed by atoms with Crippen molar-refractivity contribution in [2.75, 3.05) is 13.7 Å². The second kappa shape index (κ2) is 8.53. The number of fused-ring (bicyclic) bond motifs is 1. The van der Waals surface area contributed by atoms with Crippen LogP contribution in [0.5, 0.6) is 0 Å². The smallest absolute Gasteiger partial charge is 0.356 e. The Labute approximate surface area is 168 Å². The number of aromatic nitrogens is 3. The molecule has 4 rings (SSSR count). The molecular weight excluding hydrogens is 370 g/mol. The Morgan fingerprint density at radius 2 is 2.00 bits per heavy atom. The third-order valence-electron chi connectivity index (χ3n) is 5.06. The fourth-order valence-electron chi connectivity index (χ4n) is 3.59. The molecular formula is C22H23N3O4. The number of rotatable bonds is 6. The van der Waals surface area contributed by atoms with Crippen LogP contribution in [-0.4, -0.2) is 40.2 Å². The van der Waals surface area contributed by atoms with Crippen LogP contribution in [0.25, 0.3) is 10.9 Å². The Bertz CT molecular complexity index is 1040. The second-order valence-corrected chi connectivity index (χ2v) is 7.26. The molecule has 3 aromatic rings. The molecule has 29 heavy (non-hydrogen) atoms. The van der Waals surface area contributed by atoms with Crippen LogP contribution >= 0.6 is 0 Å². The molecule has 1 aliphatic heterocycles. The van der Waals surface area contributed by atoms with Crippen LogP contribution in [-0.2, 0) is 27.1 Å². The Kier molecular flexibility index (Phi) is 5.67. The molecule has 3 heterocycles. The topological polar surface area (TPSA) is 83.3 Å². The molecule has 1 aromatic carbocycles. The zero-order valence-electron chi connectivity index (χ0n) is 16.3. The van der Waals surface area contributed by atoms with Crippen molar-refractivity contribution in [2.24, 2.45) is 0 Å². The molecule has 1 atom stereocenters. The van der Waals surface area contributed by atoms with Crippen LogP contribution in [0.4, 0.5) is 0 Å². The van der Waals surface area contributed by atoms with E-state index >= 15 is 0 Å². The van der Waals surface area contributed by atoms with Gasteiger partial charge < -0.3 is 9.47 Å². The summed E-state index contributed by atoms with van der Waals surface area (Å²) in [5.41, 5.74) is 2.72. The SMILES string of the molecule is COC(=O)c1cc(CC(=O)Cc2ccc3cn(C4CCCCO4)nc3c2)ccn1. The van der Waals surface area contributed by atoms with Gasteiger partial charge in [0.15, 0.2) is 0 Å². The average Bonchev–Trinajstić information content (AvgIpc) is 3.17. The van der Waals surface area contributed by atoms with E-state index in [4.69, 9.17) is 4.74 Å². The molecule has 1 saturated heterocycles. The van der Waals surface area contributed by atoms with E-state index in [-0.39, 0.29) is 24.1 Å². The van der Waals surface area contributed by atoms with Crippen molar-refractivity contribution in [3.05, 3.63) is 59.5 Å². The van der Waals surface area contributed by atoms with Crippen molar-refractivity contribution < 1.29 is 19.1 Å². The number of Topliss-reactive ketones (excluding diaryl/α,β-unsaturated/α-hetero) is 1. The molecule has 0 bridgehead atoms. The first-order chi connectivity index (χ1) is 14.1. The van der Waals surface area contributed by atoms with Gasteiger partial charge in [-0.3, -0.25) is 4.79 Å². The number of methoxy groups -OCH3 is 1. The van der Waals surface area contributed by atoms with Crippen molar-refractivity contribution >= 4 is 22.7 Å². The standard InChI is InChI=1S/C22H23N3O4/c1-28-22(27)20-13-16(7-8-23-20)11-18(26)10-15-5-6-17-14-25(24-19(17)12-15)21-4-2-3-9-29-21/h5-8,12-14,21H,2-4,9-11H2,1H3. The average molecular weight is 393 g/mol. The van der Waals surface area contributed by atoms with Crippen LogP contribution in [0.3, 0.4) is 0 Å². The number of pyridine rings is 1. The number of ketones is 1. The van der Waals surface area contributed by atoms with Crippen LogP contribution < -0.4 is 0 Å². The van der Waals surface area contributed by atoms with Gasteiger partial charge in [0.2, 0.25) is 0 Å². The third kappa shape index (κ3) is 4.51. The summed E-state index contributed by atoms with van der Waals surface area (Å²) in [6.45, 7) is 0.771. The fourth-order valence-corrected chi connectivity index (χ4v) is 3.59. The summed E-state index contributed by atoms with van der Waals surface area (Å²) < 4.78 is 12.4. The predicted octanol–water partition coefficient (Wildman–Crippen LogP) is 3.27.